The second kappa shape index (κ2) is 5.38. The fourth-order valence-electron chi connectivity index (χ4n) is 3.10. The zero-order chi connectivity index (χ0) is 12.4. The highest BCUT2D eigenvalue weighted by Gasteiger charge is 2.48. The first-order valence-corrected chi connectivity index (χ1v) is 7.05. The fraction of sp³-hybridized carbons (Fsp3) is 0.929. The Hall–Kier alpha value is -0.570. The highest BCUT2D eigenvalue weighted by molar-refractivity contribution is 5.79. The Balaban J connectivity index is 1.83. The molecular formula is C14H26N2O. The van der Waals surface area contributed by atoms with Gasteiger partial charge in [0.1, 0.15) is 0 Å². The number of rotatable bonds is 6. The minimum absolute atomic E-state index is 0.354. The standard InChI is InChI=1S/C14H26N2O/c1-4-5-16(7-6-15(2)3)14(17)13-9-11-8-12(11)10-13/h11-13H,4-10H2,1-3H3. The number of likely N-dealkylation sites (N-methyl/N-ethyl adjacent to an activating group) is 1. The quantitative estimate of drug-likeness (QED) is 0.705. The van der Waals surface area contributed by atoms with Gasteiger partial charge in [-0.3, -0.25) is 4.79 Å². The second-order valence-electron chi connectivity index (χ2n) is 6.05. The molecule has 2 rings (SSSR count). The zero-order valence-corrected chi connectivity index (χ0v) is 11.5. The van der Waals surface area contributed by atoms with Gasteiger partial charge in [-0.05, 0) is 51.6 Å². The molecule has 2 saturated carbocycles. The van der Waals surface area contributed by atoms with E-state index in [-0.39, 0.29) is 0 Å². The minimum Gasteiger partial charge on any atom is -0.341 e. The summed E-state index contributed by atoms with van der Waals surface area (Å²) in [6.07, 6.45) is 4.81. The molecule has 0 spiro atoms. The molecule has 0 radical (unpaired) electrons. The van der Waals surface area contributed by atoms with Gasteiger partial charge in [0.25, 0.3) is 0 Å². The van der Waals surface area contributed by atoms with Gasteiger partial charge in [-0.15, -0.1) is 0 Å². The van der Waals surface area contributed by atoms with E-state index in [1.165, 1.54) is 19.3 Å². The van der Waals surface area contributed by atoms with Crippen molar-refractivity contribution in [3.63, 3.8) is 0 Å². The molecule has 3 nitrogen and oxygen atoms in total. The third-order valence-corrected chi connectivity index (χ3v) is 4.22. The van der Waals surface area contributed by atoms with Gasteiger partial charge in [-0.2, -0.15) is 0 Å². The Kier molecular flexibility index (Phi) is 4.08. The molecule has 0 saturated heterocycles. The third-order valence-electron chi connectivity index (χ3n) is 4.22. The largest absolute Gasteiger partial charge is 0.341 e. The van der Waals surface area contributed by atoms with E-state index >= 15 is 0 Å². The van der Waals surface area contributed by atoms with Gasteiger partial charge < -0.3 is 9.80 Å². The molecule has 98 valence electrons. The smallest absolute Gasteiger partial charge is 0.225 e. The first-order chi connectivity index (χ1) is 8.11. The van der Waals surface area contributed by atoms with E-state index in [1.807, 2.05) is 0 Å². The van der Waals surface area contributed by atoms with Crippen LogP contribution in [-0.4, -0.2) is 49.4 Å². The number of carbonyl (C=O) groups excluding carboxylic acids is 1. The number of hydrogen-bond donors (Lipinski definition) is 0. The van der Waals surface area contributed by atoms with Crippen molar-refractivity contribution >= 4 is 5.91 Å². The topological polar surface area (TPSA) is 23.6 Å². The molecule has 2 unspecified atom stereocenters. The van der Waals surface area contributed by atoms with Crippen molar-refractivity contribution in [3.05, 3.63) is 0 Å². The summed E-state index contributed by atoms with van der Waals surface area (Å²) in [7, 11) is 4.14. The van der Waals surface area contributed by atoms with Gasteiger partial charge in [0, 0.05) is 25.6 Å². The first-order valence-electron chi connectivity index (χ1n) is 7.05. The van der Waals surface area contributed by atoms with E-state index in [9.17, 15) is 4.79 Å². The number of hydrogen-bond acceptors (Lipinski definition) is 2. The zero-order valence-electron chi connectivity index (χ0n) is 11.5. The fourth-order valence-corrected chi connectivity index (χ4v) is 3.10. The van der Waals surface area contributed by atoms with Crippen molar-refractivity contribution in [2.75, 3.05) is 33.7 Å². The third kappa shape index (κ3) is 3.21. The molecule has 2 aliphatic carbocycles. The lowest BCUT2D eigenvalue weighted by atomic mass is 10.0. The molecule has 0 aromatic heterocycles. The molecule has 0 aromatic carbocycles. The summed E-state index contributed by atoms with van der Waals surface area (Å²) in [5.41, 5.74) is 0. The summed E-state index contributed by atoms with van der Waals surface area (Å²) < 4.78 is 0. The van der Waals surface area contributed by atoms with Crippen LogP contribution < -0.4 is 0 Å². The summed E-state index contributed by atoms with van der Waals surface area (Å²) in [5.74, 6) is 2.59. The van der Waals surface area contributed by atoms with Crippen LogP contribution >= 0.6 is 0 Å². The summed E-state index contributed by atoms with van der Waals surface area (Å²) in [6.45, 7) is 4.96. The van der Waals surface area contributed by atoms with Gasteiger partial charge in [0.05, 0.1) is 0 Å². The molecule has 0 aromatic rings. The van der Waals surface area contributed by atoms with Crippen LogP contribution in [-0.2, 0) is 4.79 Å². The predicted molar refractivity (Wildman–Crippen MR) is 69.7 cm³/mol. The molecule has 0 heterocycles. The highest BCUT2D eigenvalue weighted by Crippen LogP contribution is 2.54. The lowest BCUT2D eigenvalue weighted by Crippen LogP contribution is -2.40. The van der Waals surface area contributed by atoms with Gasteiger partial charge >= 0.3 is 0 Å². The molecule has 3 heteroatoms. The normalized spacial score (nSPS) is 30.5. The number of fused-ring (bicyclic) bond motifs is 1. The van der Waals surface area contributed by atoms with E-state index in [1.54, 1.807) is 0 Å². The molecule has 0 N–H and O–H groups in total. The van der Waals surface area contributed by atoms with Gasteiger partial charge in [0.2, 0.25) is 5.91 Å². The number of nitrogens with zero attached hydrogens (tertiary/aromatic N) is 2. The van der Waals surface area contributed by atoms with Crippen molar-refractivity contribution in [1.29, 1.82) is 0 Å². The highest BCUT2D eigenvalue weighted by atomic mass is 16.2. The Morgan fingerprint density at radius 2 is 1.71 bits per heavy atom. The predicted octanol–water partition coefficient (Wildman–Crippen LogP) is 1.83. The van der Waals surface area contributed by atoms with Crippen molar-refractivity contribution in [2.24, 2.45) is 17.8 Å². The first kappa shape index (κ1) is 12.9. The van der Waals surface area contributed by atoms with E-state index < -0.39 is 0 Å². The van der Waals surface area contributed by atoms with Gasteiger partial charge in [-0.1, -0.05) is 6.92 Å². The van der Waals surface area contributed by atoms with E-state index in [0.29, 0.717) is 11.8 Å². The average Bonchev–Trinajstić information content (AvgIpc) is 2.90. The van der Waals surface area contributed by atoms with Crippen LogP contribution in [0.4, 0.5) is 0 Å². The summed E-state index contributed by atoms with van der Waals surface area (Å²) in [6, 6.07) is 0. The van der Waals surface area contributed by atoms with Crippen LogP contribution in [0, 0.1) is 17.8 Å². The molecule has 2 atom stereocenters. The van der Waals surface area contributed by atoms with Crippen LogP contribution in [0.15, 0.2) is 0 Å². The number of carbonyl (C=O) groups is 1. The molecule has 0 bridgehead atoms. The average molecular weight is 238 g/mol. The molecule has 17 heavy (non-hydrogen) atoms. The lowest BCUT2D eigenvalue weighted by molar-refractivity contribution is -0.135. The number of amides is 1. The summed E-state index contributed by atoms with van der Waals surface area (Å²) in [4.78, 5) is 16.7. The van der Waals surface area contributed by atoms with Gasteiger partial charge in [0.15, 0.2) is 0 Å². The minimum atomic E-state index is 0.354. The maximum absolute atomic E-state index is 12.4. The van der Waals surface area contributed by atoms with Crippen molar-refractivity contribution in [3.8, 4) is 0 Å². The van der Waals surface area contributed by atoms with E-state index in [0.717, 1.165) is 37.9 Å². The van der Waals surface area contributed by atoms with Crippen LogP contribution in [0.2, 0.25) is 0 Å². The second-order valence-corrected chi connectivity index (χ2v) is 6.05. The molecule has 1 amide bonds. The van der Waals surface area contributed by atoms with Gasteiger partial charge in [-0.25, -0.2) is 0 Å². The SMILES string of the molecule is CCCN(CCN(C)C)C(=O)C1CC2CC2C1. The van der Waals surface area contributed by atoms with Crippen LogP contribution in [0.3, 0.4) is 0 Å². The Morgan fingerprint density at radius 1 is 1.06 bits per heavy atom. The molecular weight excluding hydrogens is 212 g/mol. The van der Waals surface area contributed by atoms with E-state index in [2.05, 4.69) is 30.8 Å². The maximum Gasteiger partial charge on any atom is 0.225 e. The summed E-state index contributed by atoms with van der Waals surface area (Å²) in [5, 5.41) is 0. The Labute approximate surface area is 105 Å². The maximum atomic E-state index is 12.4. The van der Waals surface area contributed by atoms with Crippen molar-refractivity contribution < 1.29 is 4.79 Å². The molecule has 2 fully saturated rings. The van der Waals surface area contributed by atoms with Crippen molar-refractivity contribution in [1.82, 2.24) is 9.80 Å². The lowest BCUT2D eigenvalue weighted by Gasteiger charge is -2.27. The van der Waals surface area contributed by atoms with Crippen LogP contribution in [0.5, 0.6) is 0 Å². The molecule has 0 aliphatic heterocycles. The monoisotopic (exact) mass is 238 g/mol. The van der Waals surface area contributed by atoms with Crippen LogP contribution in [0.25, 0.3) is 0 Å². The van der Waals surface area contributed by atoms with Crippen molar-refractivity contribution in [2.45, 2.75) is 32.6 Å². The Morgan fingerprint density at radius 3 is 2.24 bits per heavy atom. The molecule has 2 aliphatic rings. The Bertz CT molecular complexity index is 267. The summed E-state index contributed by atoms with van der Waals surface area (Å²) >= 11 is 0. The van der Waals surface area contributed by atoms with E-state index in [4.69, 9.17) is 0 Å². The van der Waals surface area contributed by atoms with Crippen LogP contribution in [0.1, 0.15) is 32.6 Å².